The highest BCUT2D eigenvalue weighted by molar-refractivity contribution is 6.30. The number of hydrogen-bond acceptors (Lipinski definition) is 5. The lowest BCUT2D eigenvalue weighted by Gasteiger charge is -2.08. The molecule has 0 saturated carbocycles. The predicted octanol–water partition coefficient (Wildman–Crippen LogP) is 2.98. The normalized spacial score (nSPS) is 17.8. The van der Waals surface area contributed by atoms with Crippen LogP contribution in [0.4, 0.5) is 6.01 Å². The lowest BCUT2D eigenvalue weighted by Crippen LogP contribution is -2.29. The molecular formula is C13H16Cl2N4O. The van der Waals surface area contributed by atoms with Crippen LogP contribution in [-0.4, -0.2) is 29.3 Å². The van der Waals surface area contributed by atoms with Gasteiger partial charge in [-0.1, -0.05) is 28.9 Å². The Kier molecular flexibility index (Phi) is 5.23. The zero-order valence-corrected chi connectivity index (χ0v) is 12.4. The first-order valence-corrected chi connectivity index (χ1v) is 6.76. The van der Waals surface area contributed by atoms with Crippen molar-refractivity contribution in [2.75, 3.05) is 18.4 Å². The summed E-state index contributed by atoms with van der Waals surface area (Å²) in [5.41, 5.74) is 0.850. The van der Waals surface area contributed by atoms with E-state index in [1.165, 1.54) is 12.8 Å². The molecule has 1 fully saturated rings. The molecule has 0 radical (unpaired) electrons. The number of halogens is 2. The van der Waals surface area contributed by atoms with Crippen LogP contribution in [0.1, 0.15) is 12.8 Å². The van der Waals surface area contributed by atoms with Gasteiger partial charge in [0.15, 0.2) is 0 Å². The molecule has 2 aromatic rings. The Morgan fingerprint density at radius 2 is 2.35 bits per heavy atom. The highest BCUT2D eigenvalue weighted by Gasteiger charge is 2.15. The molecule has 0 spiro atoms. The standard InChI is InChI=1S/C13H15ClN4O.ClH/c14-10-4-1-3-9(7-10)12-17-13(19-18-12)16-8-11-5-2-6-15-11;/h1,3-4,7,11,15H,2,5-6,8H2,(H,16,17,18);1H. The van der Waals surface area contributed by atoms with Gasteiger partial charge < -0.3 is 15.2 Å². The first kappa shape index (κ1) is 15.1. The molecule has 0 aliphatic carbocycles. The van der Waals surface area contributed by atoms with Gasteiger partial charge in [0.2, 0.25) is 5.82 Å². The smallest absolute Gasteiger partial charge is 0.321 e. The lowest BCUT2D eigenvalue weighted by atomic mass is 10.2. The highest BCUT2D eigenvalue weighted by Crippen LogP contribution is 2.21. The third kappa shape index (κ3) is 3.62. The molecule has 108 valence electrons. The van der Waals surface area contributed by atoms with Gasteiger partial charge in [0, 0.05) is 23.2 Å². The van der Waals surface area contributed by atoms with Crippen molar-refractivity contribution in [1.82, 2.24) is 15.5 Å². The van der Waals surface area contributed by atoms with E-state index in [9.17, 15) is 0 Å². The molecule has 1 aliphatic rings. The molecule has 1 aromatic heterocycles. The summed E-state index contributed by atoms with van der Waals surface area (Å²) in [5, 5.41) is 11.2. The van der Waals surface area contributed by atoms with Crippen LogP contribution < -0.4 is 10.6 Å². The number of benzene rings is 1. The van der Waals surface area contributed by atoms with Crippen molar-refractivity contribution in [1.29, 1.82) is 0 Å². The minimum Gasteiger partial charge on any atom is -0.336 e. The van der Waals surface area contributed by atoms with Crippen molar-refractivity contribution < 1.29 is 4.52 Å². The van der Waals surface area contributed by atoms with Crippen LogP contribution in [-0.2, 0) is 0 Å². The van der Waals surface area contributed by atoms with E-state index < -0.39 is 0 Å². The Bertz CT molecular complexity index is 555. The van der Waals surface area contributed by atoms with Crippen LogP contribution in [0.2, 0.25) is 5.02 Å². The average Bonchev–Trinajstić information content (AvgIpc) is 3.08. The maximum absolute atomic E-state index is 5.94. The summed E-state index contributed by atoms with van der Waals surface area (Å²) in [7, 11) is 0. The monoisotopic (exact) mass is 314 g/mol. The number of nitrogens with one attached hydrogen (secondary N) is 2. The summed E-state index contributed by atoms with van der Waals surface area (Å²) in [4.78, 5) is 4.31. The molecule has 1 aliphatic heterocycles. The van der Waals surface area contributed by atoms with E-state index in [2.05, 4.69) is 20.8 Å². The fraction of sp³-hybridized carbons (Fsp3) is 0.385. The minimum absolute atomic E-state index is 0. The first-order chi connectivity index (χ1) is 9.31. The molecule has 5 nitrogen and oxygen atoms in total. The second-order valence-electron chi connectivity index (χ2n) is 4.61. The quantitative estimate of drug-likeness (QED) is 0.908. The van der Waals surface area contributed by atoms with E-state index in [0.717, 1.165) is 18.7 Å². The molecule has 3 rings (SSSR count). The van der Waals surface area contributed by atoms with Crippen molar-refractivity contribution in [2.45, 2.75) is 18.9 Å². The van der Waals surface area contributed by atoms with Crippen LogP contribution in [0.3, 0.4) is 0 Å². The van der Waals surface area contributed by atoms with Gasteiger partial charge in [-0.2, -0.15) is 4.98 Å². The number of hydrogen-bond donors (Lipinski definition) is 2. The van der Waals surface area contributed by atoms with Crippen molar-refractivity contribution in [3.05, 3.63) is 29.3 Å². The molecule has 2 N–H and O–H groups in total. The summed E-state index contributed by atoms with van der Waals surface area (Å²) >= 11 is 5.94. The maximum Gasteiger partial charge on any atom is 0.321 e. The third-order valence-electron chi connectivity index (χ3n) is 3.17. The van der Waals surface area contributed by atoms with Crippen LogP contribution >= 0.6 is 24.0 Å². The van der Waals surface area contributed by atoms with Crippen molar-refractivity contribution in [3.8, 4) is 11.4 Å². The highest BCUT2D eigenvalue weighted by atomic mass is 35.5. The maximum atomic E-state index is 5.94. The van der Waals surface area contributed by atoms with Crippen LogP contribution in [0, 0.1) is 0 Å². The fourth-order valence-corrected chi connectivity index (χ4v) is 2.37. The molecule has 2 heterocycles. The molecule has 20 heavy (non-hydrogen) atoms. The summed E-state index contributed by atoms with van der Waals surface area (Å²) in [6, 6.07) is 8.33. The Morgan fingerprint density at radius 1 is 1.45 bits per heavy atom. The number of aromatic nitrogens is 2. The number of rotatable bonds is 4. The molecular weight excluding hydrogens is 299 g/mol. The second-order valence-corrected chi connectivity index (χ2v) is 5.04. The molecule has 0 amide bonds. The topological polar surface area (TPSA) is 63.0 Å². The minimum atomic E-state index is 0. The van der Waals surface area contributed by atoms with Crippen molar-refractivity contribution in [2.24, 2.45) is 0 Å². The second kappa shape index (κ2) is 6.92. The summed E-state index contributed by atoms with van der Waals surface area (Å²) in [5.74, 6) is 0.546. The zero-order valence-electron chi connectivity index (χ0n) is 10.8. The summed E-state index contributed by atoms with van der Waals surface area (Å²) in [6.45, 7) is 1.89. The Morgan fingerprint density at radius 3 is 3.10 bits per heavy atom. The summed E-state index contributed by atoms with van der Waals surface area (Å²) in [6.07, 6.45) is 2.41. The molecule has 1 atom stereocenters. The Balaban J connectivity index is 0.00000147. The van der Waals surface area contributed by atoms with Gasteiger partial charge >= 0.3 is 6.01 Å². The molecule has 1 saturated heterocycles. The SMILES string of the molecule is Cl.Clc1cccc(-c2noc(NCC3CCCN3)n2)c1. The molecule has 0 bridgehead atoms. The molecule has 1 unspecified atom stereocenters. The first-order valence-electron chi connectivity index (χ1n) is 6.38. The van der Waals surface area contributed by atoms with E-state index in [1.807, 2.05) is 24.3 Å². The van der Waals surface area contributed by atoms with E-state index in [-0.39, 0.29) is 12.4 Å². The van der Waals surface area contributed by atoms with Gasteiger partial charge in [-0.25, -0.2) is 0 Å². The molecule has 1 aromatic carbocycles. The zero-order chi connectivity index (χ0) is 13.1. The van der Waals surface area contributed by atoms with Gasteiger partial charge in [0.05, 0.1) is 0 Å². The number of nitrogens with zero attached hydrogens (tertiary/aromatic N) is 2. The Hall–Kier alpha value is -1.30. The van der Waals surface area contributed by atoms with Crippen LogP contribution in [0.5, 0.6) is 0 Å². The fourth-order valence-electron chi connectivity index (χ4n) is 2.18. The van der Waals surface area contributed by atoms with E-state index in [4.69, 9.17) is 16.1 Å². The van der Waals surface area contributed by atoms with E-state index in [1.54, 1.807) is 0 Å². The largest absolute Gasteiger partial charge is 0.336 e. The van der Waals surface area contributed by atoms with Crippen molar-refractivity contribution in [3.63, 3.8) is 0 Å². The summed E-state index contributed by atoms with van der Waals surface area (Å²) < 4.78 is 5.18. The number of anilines is 1. The van der Waals surface area contributed by atoms with Gasteiger partial charge in [0.1, 0.15) is 0 Å². The average molecular weight is 315 g/mol. The Labute approximate surface area is 128 Å². The van der Waals surface area contributed by atoms with E-state index in [0.29, 0.717) is 22.9 Å². The molecule has 7 heteroatoms. The van der Waals surface area contributed by atoms with Crippen LogP contribution in [0.25, 0.3) is 11.4 Å². The van der Waals surface area contributed by atoms with Gasteiger partial charge in [-0.3, -0.25) is 0 Å². The van der Waals surface area contributed by atoms with Crippen molar-refractivity contribution >= 4 is 30.0 Å². The van der Waals surface area contributed by atoms with Gasteiger partial charge in [-0.05, 0) is 31.5 Å². The third-order valence-corrected chi connectivity index (χ3v) is 3.41. The lowest BCUT2D eigenvalue weighted by molar-refractivity contribution is 0.429. The van der Waals surface area contributed by atoms with Crippen LogP contribution in [0.15, 0.2) is 28.8 Å². The van der Waals surface area contributed by atoms with Gasteiger partial charge in [-0.15, -0.1) is 12.4 Å². The van der Waals surface area contributed by atoms with E-state index >= 15 is 0 Å². The van der Waals surface area contributed by atoms with Gasteiger partial charge in [0.25, 0.3) is 0 Å². The predicted molar refractivity (Wildman–Crippen MR) is 81.5 cm³/mol.